The van der Waals surface area contributed by atoms with Gasteiger partial charge in [0, 0.05) is 31.4 Å². The quantitative estimate of drug-likeness (QED) is 0.622. The lowest BCUT2D eigenvalue weighted by atomic mass is 10.0. The first kappa shape index (κ1) is 21.9. The fourth-order valence-corrected chi connectivity index (χ4v) is 4.13. The van der Waals surface area contributed by atoms with E-state index in [2.05, 4.69) is 20.3 Å². The van der Waals surface area contributed by atoms with Crippen LogP contribution in [0.15, 0.2) is 53.4 Å². The van der Waals surface area contributed by atoms with Gasteiger partial charge in [-0.05, 0) is 61.9 Å². The summed E-state index contributed by atoms with van der Waals surface area (Å²) in [6, 6.07) is 14.3. The number of nitrogens with zero attached hydrogens (tertiary/aromatic N) is 1. The monoisotopic (exact) mass is 432 g/mol. The zero-order chi connectivity index (χ0) is 21.6. The molecule has 30 heavy (non-hydrogen) atoms. The molecule has 1 aliphatic heterocycles. The molecule has 3 N–H and O–H groups in total. The van der Waals surface area contributed by atoms with Crippen LogP contribution in [0.25, 0.3) is 0 Å². The molecule has 2 aromatic carbocycles. The predicted molar refractivity (Wildman–Crippen MR) is 116 cm³/mol. The summed E-state index contributed by atoms with van der Waals surface area (Å²) in [5.41, 5.74) is 1.98. The highest BCUT2D eigenvalue weighted by Gasteiger charge is 2.21. The number of hydrogen-bond acceptors (Lipinski definition) is 5. The molecule has 0 spiro atoms. The molecule has 1 saturated heterocycles. The lowest BCUT2D eigenvalue weighted by Gasteiger charge is -2.34. The molecule has 0 aliphatic carbocycles. The van der Waals surface area contributed by atoms with Crippen LogP contribution in [0.1, 0.15) is 18.4 Å². The number of benzene rings is 2. The van der Waals surface area contributed by atoms with Gasteiger partial charge >= 0.3 is 6.03 Å². The Morgan fingerprint density at radius 3 is 2.27 bits per heavy atom. The van der Waals surface area contributed by atoms with E-state index in [1.807, 2.05) is 24.3 Å². The summed E-state index contributed by atoms with van der Waals surface area (Å²) in [5, 5.41) is 5.85. The van der Waals surface area contributed by atoms with Gasteiger partial charge < -0.3 is 20.3 Å². The first-order chi connectivity index (χ1) is 14.4. The molecule has 162 valence electrons. The molecule has 0 bridgehead atoms. The Kier molecular flexibility index (Phi) is 7.17. The fraction of sp³-hybridized carbons (Fsp3) is 0.381. The van der Waals surface area contributed by atoms with Crippen LogP contribution in [0.2, 0.25) is 0 Å². The molecule has 1 heterocycles. The Bertz CT molecular complexity index is 938. The molecule has 0 saturated carbocycles. The first-order valence-electron chi connectivity index (χ1n) is 9.87. The number of carbonyl (C=O) groups excluding carboxylic acids is 1. The number of urea groups is 1. The first-order valence-corrected chi connectivity index (χ1v) is 11.4. The van der Waals surface area contributed by atoms with Crippen molar-refractivity contribution in [1.82, 2.24) is 15.4 Å². The van der Waals surface area contributed by atoms with E-state index < -0.39 is 10.0 Å². The van der Waals surface area contributed by atoms with Crippen molar-refractivity contribution in [2.45, 2.75) is 30.3 Å². The van der Waals surface area contributed by atoms with E-state index in [0.29, 0.717) is 6.54 Å². The van der Waals surface area contributed by atoms with Crippen LogP contribution in [0.3, 0.4) is 0 Å². The van der Waals surface area contributed by atoms with Crippen molar-refractivity contribution in [2.75, 3.05) is 32.1 Å². The number of amides is 2. The van der Waals surface area contributed by atoms with Crippen molar-refractivity contribution in [3.8, 4) is 5.75 Å². The van der Waals surface area contributed by atoms with Gasteiger partial charge in [0.05, 0.1) is 12.0 Å². The maximum Gasteiger partial charge on any atom is 0.315 e. The fourth-order valence-electron chi connectivity index (χ4n) is 3.40. The second kappa shape index (κ2) is 9.82. The normalized spacial score (nSPS) is 14.9. The molecular formula is C21H28N4O4S. The average molecular weight is 433 g/mol. The van der Waals surface area contributed by atoms with Gasteiger partial charge in [0.2, 0.25) is 10.0 Å². The van der Waals surface area contributed by atoms with E-state index >= 15 is 0 Å². The largest absolute Gasteiger partial charge is 0.497 e. The van der Waals surface area contributed by atoms with Crippen LogP contribution in [-0.4, -0.2) is 47.7 Å². The number of sulfonamides is 1. The van der Waals surface area contributed by atoms with Crippen LogP contribution in [0.4, 0.5) is 10.5 Å². The topological polar surface area (TPSA) is 99.8 Å². The number of methoxy groups -OCH3 is 1. The van der Waals surface area contributed by atoms with E-state index in [1.54, 1.807) is 19.2 Å². The van der Waals surface area contributed by atoms with Crippen LogP contribution < -0.4 is 25.0 Å². The van der Waals surface area contributed by atoms with Crippen LogP contribution >= 0.6 is 0 Å². The molecular weight excluding hydrogens is 404 g/mol. The van der Waals surface area contributed by atoms with Gasteiger partial charge in [-0.15, -0.1) is 0 Å². The van der Waals surface area contributed by atoms with Crippen LogP contribution in [-0.2, 0) is 16.6 Å². The molecule has 9 heteroatoms. The van der Waals surface area contributed by atoms with E-state index in [9.17, 15) is 13.2 Å². The zero-order valence-corrected chi connectivity index (χ0v) is 18.0. The van der Waals surface area contributed by atoms with E-state index in [-0.39, 0.29) is 17.0 Å². The Hall–Kier alpha value is -2.78. The number of carbonyl (C=O) groups is 1. The Morgan fingerprint density at radius 2 is 1.70 bits per heavy atom. The Balaban J connectivity index is 1.42. The van der Waals surface area contributed by atoms with Crippen molar-refractivity contribution in [2.24, 2.45) is 0 Å². The minimum Gasteiger partial charge on any atom is -0.497 e. The zero-order valence-electron chi connectivity index (χ0n) is 17.2. The summed E-state index contributed by atoms with van der Waals surface area (Å²) in [4.78, 5) is 14.7. The van der Waals surface area contributed by atoms with Crippen molar-refractivity contribution < 1.29 is 17.9 Å². The maximum absolute atomic E-state index is 12.2. The van der Waals surface area contributed by atoms with Gasteiger partial charge in [0.15, 0.2) is 0 Å². The van der Waals surface area contributed by atoms with Crippen molar-refractivity contribution in [1.29, 1.82) is 0 Å². The second-order valence-electron chi connectivity index (χ2n) is 7.14. The number of hydrogen-bond donors (Lipinski definition) is 3. The van der Waals surface area contributed by atoms with Gasteiger partial charge in [-0.25, -0.2) is 17.9 Å². The van der Waals surface area contributed by atoms with Gasteiger partial charge in [-0.1, -0.05) is 12.1 Å². The maximum atomic E-state index is 12.2. The Labute approximate surface area is 177 Å². The smallest absolute Gasteiger partial charge is 0.315 e. The molecule has 0 unspecified atom stereocenters. The summed E-state index contributed by atoms with van der Waals surface area (Å²) in [6.45, 7) is 2.08. The summed E-state index contributed by atoms with van der Waals surface area (Å²) >= 11 is 0. The highest BCUT2D eigenvalue weighted by Crippen LogP contribution is 2.22. The molecule has 0 aromatic heterocycles. The number of anilines is 1. The summed E-state index contributed by atoms with van der Waals surface area (Å²) in [7, 11) is -0.429. The highest BCUT2D eigenvalue weighted by molar-refractivity contribution is 7.89. The van der Waals surface area contributed by atoms with Crippen LogP contribution in [0.5, 0.6) is 5.75 Å². The highest BCUT2D eigenvalue weighted by atomic mass is 32.2. The molecule has 2 aromatic rings. The third-order valence-corrected chi connectivity index (χ3v) is 6.65. The lowest BCUT2D eigenvalue weighted by molar-refractivity contribution is 0.234. The molecule has 8 nitrogen and oxygen atoms in total. The summed E-state index contributed by atoms with van der Waals surface area (Å²) < 4.78 is 31.0. The minimum atomic E-state index is -3.45. The predicted octanol–water partition coefficient (Wildman–Crippen LogP) is 2.07. The molecule has 0 atom stereocenters. The molecule has 3 rings (SSSR count). The Morgan fingerprint density at radius 1 is 1.07 bits per heavy atom. The third kappa shape index (κ3) is 5.64. The van der Waals surface area contributed by atoms with Crippen molar-refractivity contribution in [3.63, 3.8) is 0 Å². The van der Waals surface area contributed by atoms with Gasteiger partial charge in [0.1, 0.15) is 5.75 Å². The molecule has 1 aliphatic rings. The number of rotatable bonds is 7. The van der Waals surface area contributed by atoms with Crippen LogP contribution in [0, 0.1) is 0 Å². The van der Waals surface area contributed by atoms with E-state index in [4.69, 9.17) is 4.74 Å². The van der Waals surface area contributed by atoms with E-state index in [0.717, 1.165) is 42.9 Å². The van der Waals surface area contributed by atoms with Gasteiger partial charge in [-0.3, -0.25) is 0 Å². The minimum absolute atomic E-state index is 0.127. The van der Waals surface area contributed by atoms with Gasteiger partial charge in [0.25, 0.3) is 0 Å². The third-order valence-electron chi connectivity index (χ3n) is 5.22. The second-order valence-corrected chi connectivity index (χ2v) is 9.02. The number of piperidine rings is 1. The van der Waals surface area contributed by atoms with Crippen molar-refractivity contribution >= 4 is 21.7 Å². The standard InChI is InChI=1S/C21H28N4O4S/c1-22-30(27,28)20-9-3-16(4-10-20)15-23-21(26)24-17-11-13-25(14-12-17)18-5-7-19(29-2)8-6-18/h3-10,17,22H,11-15H2,1-2H3,(H2,23,24,26). The van der Waals surface area contributed by atoms with Crippen molar-refractivity contribution in [3.05, 3.63) is 54.1 Å². The molecule has 2 amide bonds. The summed E-state index contributed by atoms with van der Waals surface area (Å²) in [5.74, 6) is 0.838. The molecule has 1 fully saturated rings. The number of nitrogens with one attached hydrogen (secondary N) is 3. The van der Waals surface area contributed by atoms with Gasteiger partial charge in [-0.2, -0.15) is 0 Å². The average Bonchev–Trinajstić information content (AvgIpc) is 2.78. The van der Waals surface area contributed by atoms with E-state index in [1.165, 1.54) is 19.2 Å². The number of ether oxygens (including phenoxy) is 1. The molecule has 0 radical (unpaired) electrons. The summed E-state index contributed by atoms with van der Waals surface area (Å²) in [6.07, 6.45) is 1.74. The SMILES string of the molecule is CNS(=O)(=O)c1ccc(CNC(=O)NC2CCN(c3ccc(OC)cc3)CC2)cc1. The lowest BCUT2D eigenvalue weighted by Crippen LogP contribution is -2.47.